The molecule has 1 fully saturated rings. The van der Waals surface area contributed by atoms with E-state index in [0.717, 1.165) is 18.0 Å². The molecule has 2 rings (SSSR count). The Balaban J connectivity index is 2.13. The molecule has 0 aliphatic carbocycles. The number of carbonyl (C=O) groups is 1. The molecular formula is C10H16N2O2. The topological polar surface area (TPSA) is 41.6 Å². The molecule has 0 aromatic rings. The highest BCUT2D eigenvalue weighted by atomic mass is 16.5. The fourth-order valence-corrected chi connectivity index (χ4v) is 1.90. The van der Waals surface area contributed by atoms with Crippen LogP contribution >= 0.6 is 0 Å². The molecule has 0 atom stereocenters. The van der Waals surface area contributed by atoms with Gasteiger partial charge in [0.15, 0.2) is 0 Å². The van der Waals surface area contributed by atoms with E-state index in [4.69, 9.17) is 4.74 Å². The molecule has 0 aromatic carbocycles. The van der Waals surface area contributed by atoms with Crippen LogP contribution in [0.25, 0.3) is 0 Å². The van der Waals surface area contributed by atoms with Crippen molar-refractivity contribution < 1.29 is 9.53 Å². The van der Waals surface area contributed by atoms with E-state index in [2.05, 4.69) is 17.1 Å². The van der Waals surface area contributed by atoms with Crippen molar-refractivity contribution >= 4 is 5.91 Å². The summed E-state index contributed by atoms with van der Waals surface area (Å²) in [5.41, 5.74) is 0.232. The van der Waals surface area contributed by atoms with Gasteiger partial charge in [-0.3, -0.25) is 9.69 Å². The van der Waals surface area contributed by atoms with Crippen LogP contribution in [0, 0.1) is 0 Å². The van der Waals surface area contributed by atoms with Crippen LogP contribution < -0.4 is 5.32 Å². The number of nitrogens with one attached hydrogen (secondary N) is 1. The van der Waals surface area contributed by atoms with Gasteiger partial charge in [0.1, 0.15) is 5.76 Å². The van der Waals surface area contributed by atoms with Crippen molar-refractivity contribution in [3.05, 3.63) is 11.5 Å². The maximum Gasteiger partial charge on any atom is 0.271 e. The first-order chi connectivity index (χ1) is 6.57. The van der Waals surface area contributed by atoms with Crippen LogP contribution in [-0.2, 0) is 9.53 Å². The minimum atomic E-state index is -0.598. The molecule has 0 radical (unpaired) electrons. The first-order valence-corrected chi connectivity index (χ1v) is 4.98. The Labute approximate surface area is 83.9 Å². The summed E-state index contributed by atoms with van der Waals surface area (Å²) in [6.45, 7) is 8.23. The third-order valence-corrected chi connectivity index (χ3v) is 3.00. The standard InChI is InChI=1S/C10H16N2O2/c1-4-12-5-10(6-12)9(13)11-7(2)8(3)14-10/h4-6H2,1-3H3,(H,11,13). The van der Waals surface area contributed by atoms with Crippen molar-refractivity contribution in [3.63, 3.8) is 0 Å². The number of nitrogens with zero attached hydrogens (tertiary/aromatic N) is 1. The molecule has 2 aliphatic heterocycles. The number of hydrogen-bond donors (Lipinski definition) is 1. The van der Waals surface area contributed by atoms with Gasteiger partial charge in [-0.25, -0.2) is 0 Å². The summed E-state index contributed by atoms with van der Waals surface area (Å²) in [6, 6.07) is 0. The van der Waals surface area contributed by atoms with E-state index in [1.165, 1.54) is 0 Å². The Bertz CT molecular complexity index is 303. The second kappa shape index (κ2) is 2.98. The van der Waals surface area contributed by atoms with Crippen LogP contribution in [0.5, 0.6) is 0 Å². The minimum absolute atomic E-state index is 0.00491. The average Bonchev–Trinajstić information content (AvgIpc) is 2.07. The van der Waals surface area contributed by atoms with Crippen LogP contribution in [0.15, 0.2) is 11.5 Å². The van der Waals surface area contributed by atoms with Gasteiger partial charge in [0.05, 0.1) is 5.70 Å². The van der Waals surface area contributed by atoms with Crippen LogP contribution in [0.4, 0.5) is 0 Å². The molecule has 14 heavy (non-hydrogen) atoms. The Morgan fingerprint density at radius 3 is 2.71 bits per heavy atom. The van der Waals surface area contributed by atoms with Gasteiger partial charge in [0, 0.05) is 13.1 Å². The lowest BCUT2D eigenvalue weighted by Crippen LogP contribution is -2.70. The number of carbonyl (C=O) groups excluding carboxylic acids is 1. The highest BCUT2D eigenvalue weighted by Gasteiger charge is 2.53. The number of likely N-dealkylation sites (N-methyl/N-ethyl adjacent to an activating group) is 1. The molecule has 4 heteroatoms. The van der Waals surface area contributed by atoms with Gasteiger partial charge >= 0.3 is 0 Å². The molecule has 0 aromatic heterocycles. The summed E-state index contributed by atoms with van der Waals surface area (Å²) in [5.74, 6) is 0.839. The number of likely N-dealkylation sites (tertiary alicyclic amines) is 1. The predicted molar refractivity (Wildman–Crippen MR) is 52.4 cm³/mol. The molecule has 2 heterocycles. The average molecular weight is 196 g/mol. The van der Waals surface area contributed by atoms with Crippen molar-refractivity contribution in [1.29, 1.82) is 0 Å². The summed E-state index contributed by atoms with van der Waals surface area (Å²) in [4.78, 5) is 13.9. The molecular weight excluding hydrogens is 180 g/mol. The fraction of sp³-hybridized carbons (Fsp3) is 0.700. The quantitative estimate of drug-likeness (QED) is 0.662. The van der Waals surface area contributed by atoms with E-state index in [9.17, 15) is 4.79 Å². The Morgan fingerprint density at radius 1 is 1.50 bits per heavy atom. The number of hydrogen-bond acceptors (Lipinski definition) is 3. The van der Waals surface area contributed by atoms with Gasteiger partial charge in [-0.05, 0) is 20.4 Å². The van der Waals surface area contributed by atoms with Crippen LogP contribution in [0.2, 0.25) is 0 Å². The Hall–Kier alpha value is -1.03. The lowest BCUT2D eigenvalue weighted by atomic mass is 9.91. The molecule has 0 saturated carbocycles. The molecule has 2 aliphatic rings. The van der Waals surface area contributed by atoms with Crippen molar-refractivity contribution in [2.75, 3.05) is 19.6 Å². The monoisotopic (exact) mass is 196 g/mol. The lowest BCUT2D eigenvalue weighted by molar-refractivity contribution is -0.167. The Kier molecular flexibility index (Phi) is 2.03. The zero-order chi connectivity index (χ0) is 10.3. The summed E-state index contributed by atoms with van der Waals surface area (Å²) in [6.07, 6.45) is 0. The van der Waals surface area contributed by atoms with E-state index in [-0.39, 0.29) is 5.91 Å². The second-order valence-corrected chi connectivity index (χ2v) is 4.03. The van der Waals surface area contributed by atoms with Crippen molar-refractivity contribution in [2.24, 2.45) is 0 Å². The highest BCUT2D eigenvalue weighted by molar-refractivity contribution is 5.89. The second-order valence-electron chi connectivity index (χ2n) is 4.03. The summed E-state index contributed by atoms with van der Waals surface area (Å²) >= 11 is 0. The molecule has 0 unspecified atom stereocenters. The van der Waals surface area contributed by atoms with Crippen LogP contribution in [-0.4, -0.2) is 36.0 Å². The molecule has 1 saturated heterocycles. The van der Waals surface area contributed by atoms with Gasteiger partial charge < -0.3 is 10.1 Å². The smallest absolute Gasteiger partial charge is 0.271 e. The molecule has 1 spiro atoms. The van der Waals surface area contributed by atoms with E-state index >= 15 is 0 Å². The predicted octanol–water partition coefficient (Wildman–Crippen LogP) is 0.458. The van der Waals surface area contributed by atoms with Gasteiger partial charge in [-0.15, -0.1) is 0 Å². The molecule has 78 valence electrons. The summed E-state index contributed by atoms with van der Waals surface area (Å²) in [7, 11) is 0. The number of allylic oxidation sites excluding steroid dienone is 2. The molecule has 4 nitrogen and oxygen atoms in total. The third-order valence-electron chi connectivity index (χ3n) is 3.00. The van der Waals surface area contributed by atoms with E-state index < -0.39 is 5.60 Å². The summed E-state index contributed by atoms with van der Waals surface area (Å²) in [5, 5.41) is 2.86. The van der Waals surface area contributed by atoms with Crippen LogP contribution in [0.1, 0.15) is 20.8 Å². The van der Waals surface area contributed by atoms with Gasteiger partial charge in [0.25, 0.3) is 5.91 Å². The maximum absolute atomic E-state index is 11.7. The number of rotatable bonds is 1. The zero-order valence-corrected chi connectivity index (χ0v) is 8.89. The number of ether oxygens (including phenoxy) is 1. The number of amides is 1. The minimum Gasteiger partial charge on any atom is -0.478 e. The molecule has 1 N–H and O–H groups in total. The largest absolute Gasteiger partial charge is 0.478 e. The first kappa shape index (κ1) is 9.52. The SMILES string of the molecule is CCN1CC2(C1)OC(C)=C(C)NC2=O. The fourth-order valence-electron chi connectivity index (χ4n) is 1.90. The van der Waals surface area contributed by atoms with Gasteiger partial charge in [-0.1, -0.05) is 6.92 Å². The van der Waals surface area contributed by atoms with Gasteiger partial charge in [-0.2, -0.15) is 0 Å². The van der Waals surface area contributed by atoms with E-state index in [0.29, 0.717) is 13.1 Å². The van der Waals surface area contributed by atoms with Crippen molar-refractivity contribution in [3.8, 4) is 0 Å². The maximum atomic E-state index is 11.7. The first-order valence-electron chi connectivity index (χ1n) is 4.98. The molecule has 1 amide bonds. The van der Waals surface area contributed by atoms with Crippen LogP contribution in [0.3, 0.4) is 0 Å². The normalized spacial score (nSPS) is 25.8. The van der Waals surface area contributed by atoms with E-state index in [1.54, 1.807) is 0 Å². The summed E-state index contributed by atoms with van der Waals surface area (Å²) < 4.78 is 5.69. The Morgan fingerprint density at radius 2 is 2.14 bits per heavy atom. The van der Waals surface area contributed by atoms with Gasteiger partial charge in [0.2, 0.25) is 5.60 Å². The zero-order valence-electron chi connectivity index (χ0n) is 8.89. The molecule has 0 bridgehead atoms. The lowest BCUT2D eigenvalue weighted by Gasteiger charge is -2.49. The highest BCUT2D eigenvalue weighted by Crippen LogP contribution is 2.31. The van der Waals surface area contributed by atoms with E-state index in [1.807, 2.05) is 13.8 Å². The van der Waals surface area contributed by atoms with Crippen molar-refractivity contribution in [1.82, 2.24) is 10.2 Å². The van der Waals surface area contributed by atoms with Crippen molar-refractivity contribution in [2.45, 2.75) is 26.4 Å². The third kappa shape index (κ3) is 1.21.